The largest absolute Gasteiger partial charge is 0.472 e. The number of unbranched alkanes of at least 4 members (excludes halogenated alkanes) is 17. The molecule has 0 aromatic heterocycles. The Morgan fingerprint density at radius 1 is 0.667 bits per heavy atom. The second-order valence-electron chi connectivity index (χ2n) is 15.0. The smallest absolute Gasteiger partial charge is 0.387 e. The van der Waals surface area contributed by atoms with Crippen LogP contribution in [-0.2, 0) is 18.4 Å². The quantitative estimate of drug-likeness (QED) is 0.0256. The first kappa shape index (κ1) is 49.5. The van der Waals surface area contributed by atoms with Gasteiger partial charge in [-0.2, -0.15) is 0 Å². The fourth-order valence-electron chi connectivity index (χ4n) is 5.42. The highest BCUT2D eigenvalue weighted by molar-refractivity contribution is 7.47. The number of allylic oxidation sites excluding steroid dienone is 7. The Morgan fingerprint density at radius 3 is 1.75 bits per heavy atom. The van der Waals surface area contributed by atoms with Crippen LogP contribution in [0, 0.1) is 0 Å². The van der Waals surface area contributed by atoms with E-state index in [1.807, 2.05) is 27.2 Å². The Morgan fingerprint density at radius 2 is 1.16 bits per heavy atom. The summed E-state index contributed by atoms with van der Waals surface area (Å²) >= 11 is 0. The Balaban J connectivity index is 4.31. The van der Waals surface area contributed by atoms with E-state index in [0.29, 0.717) is 17.4 Å². The SMILES string of the molecule is CCCC/C=C/CC/C=C/C(O)C(COP(=O)(O)OCC[N+](C)(C)C)NC(=O)CCCCCCCCCCC/C=C\C/C=C\CCCCCCC. The van der Waals surface area contributed by atoms with Crippen molar-refractivity contribution in [3.8, 4) is 0 Å². The Kier molecular flexibility index (Phi) is 33.2. The molecule has 0 saturated heterocycles. The Hall–Kier alpha value is -1.54. The zero-order valence-electron chi connectivity index (χ0n) is 33.6. The minimum Gasteiger partial charge on any atom is -0.387 e. The number of aliphatic hydroxyl groups is 1. The minimum atomic E-state index is -4.34. The van der Waals surface area contributed by atoms with Crippen LogP contribution in [0.5, 0.6) is 0 Å². The van der Waals surface area contributed by atoms with Crippen molar-refractivity contribution in [1.82, 2.24) is 5.32 Å². The zero-order chi connectivity index (χ0) is 37.9. The lowest BCUT2D eigenvalue weighted by molar-refractivity contribution is -0.870. The molecule has 0 saturated carbocycles. The van der Waals surface area contributed by atoms with Gasteiger partial charge < -0.3 is 19.8 Å². The molecular weight excluding hydrogens is 659 g/mol. The molecule has 0 fully saturated rings. The number of hydrogen-bond acceptors (Lipinski definition) is 5. The molecule has 0 bridgehead atoms. The number of phosphoric ester groups is 1. The second-order valence-corrected chi connectivity index (χ2v) is 16.5. The maximum atomic E-state index is 12.8. The van der Waals surface area contributed by atoms with Crippen LogP contribution in [-0.4, -0.2) is 73.4 Å². The van der Waals surface area contributed by atoms with Gasteiger partial charge in [0, 0.05) is 6.42 Å². The molecular formula is C42H80N2O6P+. The van der Waals surface area contributed by atoms with Crippen molar-refractivity contribution in [3.63, 3.8) is 0 Å². The average molecular weight is 740 g/mol. The van der Waals surface area contributed by atoms with Crippen LogP contribution in [0.3, 0.4) is 0 Å². The minimum absolute atomic E-state index is 0.0534. The molecule has 0 spiro atoms. The van der Waals surface area contributed by atoms with E-state index >= 15 is 0 Å². The summed E-state index contributed by atoms with van der Waals surface area (Å²) in [6, 6.07) is -0.862. The van der Waals surface area contributed by atoms with Gasteiger partial charge in [-0.3, -0.25) is 13.8 Å². The Bertz CT molecular complexity index is 975. The highest BCUT2D eigenvalue weighted by atomic mass is 31.2. The number of rotatable bonds is 36. The van der Waals surface area contributed by atoms with E-state index < -0.39 is 20.0 Å². The number of phosphoric acid groups is 1. The van der Waals surface area contributed by atoms with Gasteiger partial charge in [-0.25, -0.2) is 4.57 Å². The monoisotopic (exact) mass is 740 g/mol. The third-order valence-electron chi connectivity index (χ3n) is 8.77. The summed E-state index contributed by atoms with van der Waals surface area (Å²) in [4.78, 5) is 23.0. The lowest BCUT2D eigenvalue weighted by Crippen LogP contribution is -2.45. The van der Waals surface area contributed by atoms with Crippen molar-refractivity contribution < 1.29 is 32.9 Å². The molecule has 0 aromatic rings. The fraction of sp³-hybridized carbons (Fsp3) is 0.786. The maximum Gasteiger partial charge on any atom is 0.472 e. The molecule has 1 amide bonds. The van der Waals surface area contributed by atoms with E-state index in [1.165, 1.54) is 96.3 Å². The molecule has 3 unspecified atom stereocenters. The van der Waals surface area contributed by atoms with Crippen molar-refractivity contribution in [3.05, 3.63) is 48.6 Å². The predicted octanol–water partition coefficient (Wildman–Crippen LogP) is 10.9. The third-order valence-corrected chi connectivity index (χ3v) is 9.76. The van der Waals surface area contributed by atoms with Gasteiger partial charge in [0.15, 0.2) is 0 Å². The van der Waals surface area contributed by atoms with Crippen LogP contribution in [0.25, 0.3) is 0 Å². The van der Waals surface area contributed by atoms with Crippen LogP contribution < -0.4 is 5.32 Å². The number of amides is 1. The molecule has 51 heavy (non-hydrogen) atoms. The van der Waals surface area contributed by atoms with E-state index in [1.54, 1.807) is 6.08 Å². The van der Waals surface area contributed by atoms with Gasteiger partial charge in [0.05, 0.1) is 39.9 Å². The number of nitrogens with one attached hydrogen (secondary N) is 1. The topological polar surface area (TPSA) is 105 Å². The van der Waals surface area contributed by atoms with Crippen LogP contribution in [0.15, 0.2) is 48.6 Å². The van der Waals surface area contributed by atoms with Crippen LogP contribution in [0.4, 0.5) is 0 Å². The number of likely N-dealkylation sites (N-methyl/N-ethyl adjacent to an activating group) is 1. The lowest BCUT2D eigenvalue weighted by Gasteiger charge is -2.25. The zero-order valence-corrected chi connectivity index (χ0v) is 34.5. The highest BCUT2D eigenvalue weighted by Crippen LogP contribution is 2.43. The van der Waals surface area contributed by atoms with Crippen LogP contribution >= 0.6 is 7.82 Å². The summed E-state index contributed by atoms with van der Waals surface area (Å²) in [5, 5.41) is 13.7. The standard InChI is InChI=1S/C42H79N2O6P/c1-6-8-10-12-14-16-17-18-19-20-21-22-23-24-25-26-27-28-30-32-34-36-42(46)43-40(39-50-51(47,48)49-38-37-44(3,4)5)41(45)35-33-31-29-15-13-11-9-7-2/h13,15,17-18,20-21,33,35,40-41,45H,6-12,14,16,19,22-32,34,36-39H2,1-5H3,(H-,43,46,47,48)/p+1/b15-13+,18-17-,21-20-,35-33+. The molecule has 3 N–H and O–H groups in total. The van der Waals surface area contributed by atoms with E-state index in [-0.39, 0.29) is 19.1 Å². The summed E-state index contributed by atoms with van der Waals surface area (Å²) in [7, 11) is 1.54. The molecule has 9 heteroatoms. The summed E-state index contributed by atoms with van der Waals surface area (Å²) < 4.78 is 23.4. The molecule has 0 rings (SSSR count). The number of aliphatic hydroxyl groups excluding tert-OH is 1. The molecule has 0 aliphatic heterocycles. The molecule has 3 atom stereocenters. The van der Waals surface area contributed by atoms with Gasteiger partial charge in [0.2, 0.25) is 5.91 Å². The summed E-state index contributed by atoms with van der Waals surface area (Å²) in [5.74, 6) is -0.198. The van der Waals surface area contributed by atoms with Crippen LogP contribution in [0.2, 0.25) is 0 Å². The van der Waals surface area contributed by atoms with Crippen molar-refractivity contribution >= 4 is 13.7 Å². The molecule has 8 nitrogen and oxygen atoms in total. The molecule has 0 aliphatic rings. The van der Waals surface area contributed by atoms with Crippen molar-refractivity contribution in [1.29, 1.82) is 0 Å². The molecule has 0 aliphatic carbocycles. The van der Waals surface area contributed by atoms with E-state index in [2.05, 4.69) is 55.6 Å². The van der Waals surface area contributed by atoms with E-state index in [4.69, 9.17) is 9.05 Å². The van der Waals surface area contributed by atoms with Gasteiger partial charge >= 0.3 is 7.82 Å². The summed E-state index contributed by atoms with van der Waals surface area (Å²) in [6.07, 6.45) is 42.0. The van der Waals surface area contributed by atoms with Gasteiger partial charge in [-0.15, -0.1) is 0 Å². The average Bonchev–Trinajstić information content (AvgIpc) is 3.07. The summed E-state index contributed by atoms with van der Waals surface area (Å²) in [5.41, 5.74) is 0. The number of carbonyl (C=O) groups excluding carboxylic acids is 1. The first-order valence-electron chi connectivity index (χ1n) is 20.5. The van der Waals surface area contributed by atoms with E-state index in [0.717, 1.165) is 44.9 Å². The maximum absolute atomic E-state index is 12.8. The predicted molar refractivity (Wildman–Crippen MR) is 217 cm³/mol. The molecule has 0 heterocycles. The normalized spacial score (nSPS) is 15.0. The first-order valence-corrected chi connectivity index (χ1v) is 22.0. The fourth-order valence-corrected chi connectivity index (χ4v) is 6.16. The highest BCUT2D eigenvalue weighted by Gasteiger charge is 2.27. The van der Waals surface area contributed by atoms with Gasteiger partial charge in [0.1, 0.15) is 13.2 Å². The second kappa shape index (κ2) is 34.2. The Labute approximate surface area is 314 Å². The van der Waals surface area contributed by atoms with Gasteiger partial charge in [-0.1, -0.05) is 146 Å². The van der Waals surface area contributed by atoms with Crippen molar-refractivity contribution in [2.45, 2.75) is 174 Å². The molecule has 0 radical (unpaired) electrons. The third kappa shape index (κ3) is 36.6. The lowest BCUT2D eigenvalue weighted by atomic mass is 10.1. The molecule has 0 aromatic carbocycles. The van der Waals surface area contributed by atoms with E-state index in [9.17, 15) is 19.4 Å². The number of quaternary nitrogens is 1. The van der Waals surface area contributed by atoms with Gasteiger partial charge in [0.25, 0.3) is 0 Å². The number of carbonyl (C=O) groups is 1. The van der Waals surface area contributed by atoms with Crippen LogP contribution in [0.1, 0.15) is 162 Å². The number of nitrogens with zero attached hydrogens (tertiary/aromatic N) is 1. The first-order chi connectivity index (χ1) is 24.5. The van der Waals surface area contributed by atoms with Crippen molar-refractivity contribution in [2.24, 2.45) is 0 Å². The van der Waals surface area contributed by atoms with Crippen molar-refractivity contribution in [2.75, 3.05) is 40.9 Å². The summed E-state index contributed by atoms with van der Waals surface area (Å²) in [6.45, 7) is 4.68. The molecule has 298 valence electrons. The van der Waals surface area contributed by atoms with Gasteiger partial charge in [-0.05, 0) is 57.8 Å². The number of hydrogen-bond donors (Lipinski definition) is 3.